The molecule has 3 aromatic carbocycles. The summed E-state index contributed by atoms with van der Waals surface area (Å²) in [6.45, 7) is 0.298. The minimum Gasteiger partial charge on any atom is -0.348 e. The van der Waals surface area contributed by atoms with E-state index in [-0.39, 0.29) is 11.7 Å². The lowest BCUT2D eigenvalue weighted by Gasteiger charge is -2.10. The molecule has 4 heteroatoms. The molecule has 1 N–H and O–H groups in total. The van der Waals surface area contributed by atoms with Gasteiger partial charge in [0, 0.05) is 22.7 Å². The van der Waals surface area contributed by atoms with Crippen molar-refractivity contribution >= 4 is 23.3 Å². The third kappa shape index (κ3) is 3.95. The van der Waals surface area contributed by atoms with Crippen LogP contribution in [0, 0.1) is 0 Å². The number of amides is 1. The largest absolute Gasteiger partial charge is 0.348 e. The Morgan fingerprint density at radius 1 is 0.760 bits per heavy atom. The summed E-state index contributed by atoms with van der Waals surface area (Å²) in [4.78, 5) is 25.3. The molecule has 3 aromatic rings. The van der Waals surface area contributed by atoms with Gasteiger partial charge in [0.2, 0.25) is 0 Å². The molecule has 0 radical (unpaired) electrons. The lowest BCUT2D eigenvalue weighted by atomic mass is 9.98. The first-order valence-corrected chi connectivity index (χ1v) is 8.25. The normalized spacial score (nSPS) is 10.3. The summed E-state index contributed by atoms with van der Waals surface area (Å²) in [6.07, 6.45) is 0. The molecule has 0 aliphatic rings. The Morgan fingerprint density at radius 2 is 1.36 bits per heavy atom. The van der Waals surface area contributed by atoms with Crippen LogP contribution in [0.5, 0.6) is 0 Å². The Hall–Kier alpha value is -2.91. The third-order valence-electron chi connectivity index (χ3n) is 3.85. The van der Waals surface area contributed by atoms with Gasteiger partial charge in [-0.1, -0.05) is 78.3 Å². The van der Waals surface area contributed by atoms with Crippen LogP contribution in [-0.4, -0.2) is 11.7 Å². The van der Waals surface area contributed by atoms with Crippen molar-refractivity contribution in [1.29, 1.82) is 0 Å². The van der Waals surface area contributed by atoms with Crippen molar-refractivity contribution < 1.29 is 9.59 Å². The third-order valence-corrected chi connectivity index (χ3v) is 4.22. The van der Waals surface area contributed by atoms with Crippen molar-refractivity contribution in [3.8, 4) is 0 Å². The van der Waals surface area contributed by atoms with E-state index in [0.29, 0.717) is 28.3 Å². The van der Waals surface area contributed by atoms with Gasteiger partial charge in [-0.2, -0.15) is 0 Å². The van der Waals surface area contributed by atoms with Crippen LogP contribution in [-0.2, 0) is 6.54 Å². The highest BCUT2D eigenvalue weighted by molar-refractivity contribution is 6.31. The molecule has 1 amide bonds. The maximum absolute atomic E-state index is 12.7. The second-order valence-electron chi connectivity index (χ2n) is 5.51. The fourth-order valence-corrected chi connectivity index (χ4v) is 2.74. The molecular formula is C21H16ClNO2. The van der Waals surface area contributed by atoms with Gasteiger partial charge in [0.1, 0.15) is 0 Å². The van der Waals surface area contributed by atoms with Gasteiger partial charge in [0.15, 0.2) is 5.78 Å². The summed E-state index contributed by atoms with van der Waals surface area (Å²) in [5.74, 6) is -0.483. The zero-order chi connectivity index (χ0) is 17.6. The van der Waals surface area contributed by atoms with Crippen LogP contribution in [0.25, 0.3) is 0 Å². The minimum atomic E-state index is -0.306. The summed E-state index contributed by atoms with van der Waals surface area (Å²) in [5, 5.41) is 3.42. The monoisotopic (exact) mass is 349 g/mol. The molecule has 3 rings (SSSR count). The van der Waals surface area contributed by atoms with E-state index in [1.54, 1.807) is 54.6 Å². The van der Waals surface area contributed by atoms with Gasteiger partial charge in [-0.3, -0.25) is 9.59 Å². The van der Waals surface area contributed by atoms with Crippen molar-refractivity contribution in [2.45, 2.75) is 6.54 Å². The molecule has 0 saturated carbocycles. The lowest BCUT2D eigenvalue weighted by Crippen LogP contribution is -2.25. The molecule has 0 aliphatic carbocycles. The van der Waals surface area contributed by atoms with E-state index in [0.717, 1.165) is 5.56 Å². The second kappa shape index (κ2) is 7.77. The number of nitrogens with one attached hydrogen (secondary N) is 1. The average Bonchev–Trinajstić information content (AvgIpc) is 2.67. The van der Waals surface area contributed by atoms with Crippen LogP contribution in [0.4, 0.5) is 0 Å². The molecule has 0 fully saturated rings. The molecule has 0 aliphatic heterocycles. The van der Waals surface area contributed by atoms with Crippen LogP contribution in [0.1, 0.15) is 31.8 Å². The van der Waals surface area contributed by atoms with E-state index in [9.17, 15) is 9.59 Å². The number of carbonyl (C=O) groups is 2. The van der Waals surface area contributed by atoms with Gasteiger partial charge in [0.25, 0.3) is 5.91 Å². The molecule has 0 atom stereocenters. The van der Waals surface area contributed by atoms with Gasteiger partial charge in [-0.25, -0.2) is 0 Å². The van der Waals surface area contributed by atoms with Crippen LogP contribution in [0.2, 0.25) is 5.02 Å². The van der Waals surface area contributed by atoms with Gasteiger partial charge < -0.3 is 5.32 Å². The van der Waals surface area contributed by atoms with Crippen LogP contribution in [0.15, 0.2) is 78.9 Å². The van der Waals surface area contributed by atoms with Crippen molar-refractivity contribution in [1.82, 2.24) is 5.32 Å². The Morgan fingerprint density at radius 3 is 2.08 bits per heavy atom. The number of hydrogen-bond donors (Lipinski definition) is 1. The van der Waals surface area contributed by atoms with Crippen molar-refractivity contribution in [3.05, 3.63) is 106 Å². The smallest absolute Gasteiger partial charge is 0.252 e. The highest BCUT2D eigenvalue weighted by Crippen LogP contribution is 2.17. The highest BCUT2D eigenvalue weighted by Gasteiger charge is 2.17. The quantitative estimate of drug-likeness (QED) is 0.689. The highest BCUT2D eigenvalue weighted by atomic mass is 35.5. The van der Waals surface area contributed by atoms with E-state index < -0.39 is 0 Å². The number of halogens is 1. The Labute approximate surface area is 151 Å². The van der Waals surface area contributed by atoms with E-state index in [1.807, 2.05) is 24.3 Å². The zero-order valence-corrected chi connectivity index (χ0v) is 14.2. The van der Waals surface area contributed by atoms with Gasteiger partial charge in [-0.05, 0) is 17.7 Å². The predicted octanol–water partition coefficient (Wildman–Crippen LogP) is 4.50. The fourth-order valence-electron chi connectivity index (χ4n) is 2.54. The number of carbonyl (C=O) groups excluding carboxylic acids is 2. The molecule has 0 unspecified atom stereocenters. The first-order chi connectivity index (χ1) is 12.2. The Balaban J connectivity index is 1.82. The van der Waals surface area contributed by atoms with Crippen molar-refractivity contribution in [3.63, 3.8) is 0 Å². The zero-order valence-electron chi connectivity index (χ0n) is 13.4. The van der Waals surface area contributed by atoms with Crippen LogP contribution < -0.4 is 5.32 Å². The van der Waals surface area contributed by atoms with Gasteiger partial charge >= 0.3 is 0 Å². The van der Waals surface area contributed by atoms with Crippen LogP contribution >= 0.6 is 11.6 Å². The standard InChI is InChI=1S/C21H16ClNO2/c22-19-13-7-4-10-16(19)14-23-21(25)18-12-6-5-11-17(18)20(24)15-8-2-1-3-9-15/h1-13H,14H2,(H,23,25). The van der Waals surface area contributed by atoms with E-state index in [4.69, 9.17) is 11.6 Å². The van der Waals surface area contributed by atoms with Crippen molar-refractivity contribution in [2.75, 3.05) is 0 Å². The van der Waals surface area contributed by atoms with Crippen LogP contribution in [0.3, 0.4) is 0 Å². The van der Waals surface area contributed by atoms with Gasteiger partial charge in [0.05, 0.1) is 5.56 Å². The molecule has 0 aromatic heterocycles. The molecule has 124 valence electrons. The van der Waals surface area contributed by atoms with E-state index in [2.05, 4.69) is 5.32 Å². The number of benzene rings is 3. The maximum Gasteiger partial charge on any atom is 0.252 e. The summed E-state index contributed by atoms with van der Waals surface area (Å²) >= 11 is 6.11. The number of ketones is 1. The summed E-state index contributed by atoms with van der Waals surface area (Å²) in [7, 11) is 0. The topological polar surface area (TPSA) is 46.2 Å². The predicted molar refractivity (Wildman–Crippen MR) is 98.9 cm³/mol. The summed E-state index contributed by atoms with van der Waals surface area (Å²) in [5.41, 5.74) is 2.10. The lowest BCUT2D eigenvalue weighted by molar-refractivity contribution is 0.0939. The number of hydrogen-bond acceptors (Lipinski definition) is 2. The van der Waals surface area contributed by atoms with E-state index >= 15 is 0 Å². The second-order valence-corrected chi connectivity index (χ2v) is 5.92. The maximum atomic E-state index is 12.7. The first-order valence-electron chi connectivity index (χ1n) is 7.87. The first kappa shape index (κ1) is 16.9. The Bertz CT molecular complexity index is 907. The molecule has 25 heavy (non-hydrogen) atoms. The molecule has 0 heterocycles. The molecular weight excluding hydrogens is 334 g/mol. The van der Waals surface area contributed by atoms with E-state index in [1.165, 1.54) is 0 Å². The Kier molecular flexibility index (Phi) is 5.26. The fraction of sp³-hybridized carbons (Fsp3) is 0.0476. The van der Waals surface area contributed by atoms with Crippen molar-refractivity contribution in [2.24, 2.45) is 0 Å². The molecule has 3 nitrogen and oxygen atoms in total. The van der Waals surface area contributed by atoms with Gasteiger partial charge in [-0.15, -0.1) is 0 Å². The summed E-state index contributed by atoms with van der Waals surface area (Å²) < 4.78 is 0. The molecule has 0 spiro atoms. The average molecular weight is 350 g/mol. The number of rotatable bonds is 5. The minimum absolute atomic E-state index is 0.177. The SMILES string of the molecule is O=C(NCc1ccccc1Cl)c1ccccc1C(=O)c1ccccc1. The molecule has 0 saturated heterocycles. The molecule has 0 bridgehead atoms. The summed E-state index contributed by atoms with van der Waals surface area (Å²) in [6, 6.07) is 23.0.